The summed E-state index contributed by atoms with van der Waals surface area (Å²) in [5.74, 6) is -0.960. The van der Waals surface area contributed by atoms with E-state index in [1.165, 1.54) is 36.4 Å². The van der Waals surface area contributed by atoms with Crippen LogP contribution in [0.15, 0.2) is 83.8 Å². The maximum absolute atomic E-state index is 13.1. The van der Waals surface area contributed by atoms with Crippen molar-refractivity contribution in [3.8, 4) is 0 Å². The standard InChI is InChI=1S/C21H18FIN2O3S/c22-16-6-10-18(11-7-16)24-21(26)20(14-15-4-2-1-3-5-15)25-29(27,28)19-12-8-17(23)9-13-19/h1-13,20,25H,14H2,(H,24,26)/t20-/m0/s1. The fraction of sp³-hybridized carbons (Fsp3) is 0.0952. The average molecular weight is 524 g/mol. The van der Waals surface area contributed by atoms with Crippen molar-refractivity contribution >= 4 is 44.2 Å². The topological polar surface area (TPSA) is 75.3 Å². The van der Waals surface area contributed by atoms with Crippen LogP contribution in [0.5, 0.6) is 0 Å². The van der Waals surface area contributed by atoms with Gasteiger partial charge in [0.15, 0.2) is 0 Å². The van der Waals surface area contributed by atoms with Gasteiger partial charge in [-0.1, -0.05) is 30.3 Å². The van der Waals surface area contributed by atoms with Crippen LogP contribution < -0.4 is 10.0 Å². The second kappa shape index (κ2) is 9.47. The molecule has 0 fully saturated rings. The number of hydrogen-bond acceptors (Lipinski definition) is 3. The minimum absolute atomic E-state index is 0.0746. The minimum atomic E-state index is -3.91. The smallest absolute Gasteiger partial charge is 0.242 e. The van der Waals surface area contributed by atoms with Crippen molar-refractivity contribution in [2.75, 3.05) is 5.32 Å². The monoisotopic (exact) mass is 524 g/mol. The lowest BCUT2D eigenvalue weighted by Crippen LogP contribution is -2.45. The highest BCUT2D eigenvalue weighted by molar-refractivity contribution is 14.1. The van der Waals surface area contributed by atoms with Gasteiger partial charge in [0.05, 0.1) is 4.90 Å². The Labute approximate surface area is 182 Å². The highest BCUT2D eigenvalue weighted by atomic mass is 127. The summed E-state index contributed by atoms with van der Waals surface area (Å²) in [5, 5.41) is 2.64. The summed E-state index contributed by atoms with van der Waals surface area (Å²) in [6.07, 6.45) is 0.164. The molecule has 29 heavy (non-hydrogen) atoms. The molecule has 8 heteroatoms. The van der Waals surface area contributed by atoms with E-state index in [0.717, 1.165) is 9.13 Å². The lowest BCUT2D eigenvalue weighted by molar-refractivity contribution is -0.117. The summed E-state index contributed by atoms with van der Waals surface area (Å²) >= 11 is 2.08. The molecule has 0 aliphatic carbocycles. The number of nitrogens with one attached hydrogen (secondary N) is 2. The lowest BCUT2D eigenvalue weighted by atomic mass is 10.1. The van der Waals surface area contributed by atoms with Gasteiger partial charge >= 0.3 is 0 Å². The van der Waals surface area contributed by atoms with Crippen molar-refractivity contribution in [2.24, 2.45) is 0 Å². The molecule has 0 saturated carbocycles. The highest BCUT2D eigenvalue weighted by Crippen LogP contribution is 2.15. The molecule has 0 aliphatic heterocycles. The molecule has 0 aliphatic rings. The van der Waals surface area contributed by atoms with Crippen molar-refractivity contribution in [2.45, 2.75) is 17.4 Å². The summed E-state index contributed by atoms with van der Waals surface area (Å²) in [6, 6.07) is 19.7. The first-order chi connectivity index (χ1) is 13.8. The van der Waals surface area contributed by atoms with Crippen LogP contribution in [0.2, 0.25) is 0 Å². The summed E-state index contributed by atoms with van der Waals surface area (Å²) in [6.45, 7) is 0. The Morgan fingerprint density at radius 3 is 2.17 bits per heavy atom. The van der Waals surface area contributed by atoms with Gasteiger partial charge in [0.25, 0.3) is 0 Å². The molecule has 3 aromatic rings. The molecule has 0 unspecified atom stereocenters. The SMILES string of the molecule is O=C(Nc1ccc(F)cc1)[C@H](Cc1ccccc1)NS(=O)(=O)c1ccc(I)cc1. The van der Waals surface area contributed by atoms with Gasteiger partial charge in [-0.25, -0.2) is 12.8 Å². The number of benzene rings is 3. The van der Waals surface area contributed by atoms with Crippen LogP contribution in [0.3, 0.4) is 0 Å². The first-order valence-electron chi connectivity index (χ1n) is 8.72. The van der Waals surface area contributed by atoms with Crippen LogP contribution in [0.1, 0.15) is 5.56 Å². The molecule has 150 valence electrons. The van der Waals surface area contributed by atoms with E-state index in [4.69, 9.17) is 0 Å². The van der Waals surface area contributed by atoms with Crippen LogP contribution >= 0.6 is 22.6 Å². The first kappa shape index (κ1) is 21.4. The van der Waals surface area contributed by atoms with Crippen molar-refractivity contribution in [1.82, 2.24) is 4.72 Å². The predicted octanol–water partition coefficient (Wildman–Crippen LogP) is 3.96. The number of carbonyl (C=O) groups is 1. The van der Waals surface area contributed by atoms with E-state index in [1.807, 2.05) is 30.3 Å². The second-order valence-corrected chi connectivity index (χ2v) is 9.27. The summed E-state index contributed by atoms with van der Waals surface area (Å²) in [4.78, 5) is 12.9. The Morgan fingerprint density at radius 2 is 1.55 bits per heavy atom. The molecule has 0 bridgehead atoms. The number of amides is 1. The zero-order chi connectivity index (χ0) is 20.9. The maximum Gasteiger partial charge on any atom is 0.242 e. The Bertz CT molecular complexity index is 1070. The fourth-order valence-corrected chi connectivity index (χ4v) is 4.22. The van der Waals surface area contributed by atoms with Gasteiger partial charge in [-0.2, -0.15) is 4.72 Å². The van der Waals surface area contributed by atoms with Crippen LogP contribution in [0, 0.1) is 9.39 Å². The third-order valence-corrected chi connectivity index (χ3v) is 6.34. The molecule has 3 rings (SSSR count). The third-order valence-electron chi connectivity index (χ3n) is 4.13. The number of sulfonamides is 1. The average Bonchev–Trinajstić information content (AvgIpc) is 2.70. The van der Waals surface area contributed by atoms with E-state index in [1.54, 1.807) is 12.1 Å². The molecule has 0 radical (unpaired) electrons. The van der Waals surface area contributed by atoms with Gasteiger partial charge in [-0.15, -0.1) is 0 Å². The van der Waals surface area contributed by atoms with Gasteiger partial charge < -0.3 is 5.32 Å². The molecule has 1 amide bonds. The molecule has 0 aromatic heterocycles. The number of halogens is 2. The summed E-state index contributed by atoms with van der Waals surface area (Å²) in [7, 11) is -3.91. The fourth-order valence-electron chi connectivity index (χ4n) is 2.67. The van der Waals surface area contributed by atoms with Crippen LogP contribution in [-0.2, 0) is 21.2 Å². The Hall–Kier alpha value is -2.30. The zero-order valence-corrected chi connectivity index (χ0v) is 18.2. The zero-order valence-electron chi connectivity index (χ0n) is 15.2. The molecule has 0 saturated heterocycles. The largest absolute Gasteiger partial charge is 0.325 e. The number of anilines is 1. The van der Waals surface area contributed by atoms with E-state index in [9.17, 15) is 17.6 Å². The molecule has 1 atom stereocenters. The van der Waals surface area contributed by atoms with Gasteiger partial charge in [-0.3, -0.25) is 4.79 Å². The van der Waals surface area contributed by atoms with E-state index < -0.39 is 27.8 Å². The minimum Gasteiger partial charge on any atom is -0.325 e. The maximum atomic E-state index is 13.1. The Kier molecular flexibility index (Phi) is 6.99. The molecule has 3 aromatic carbocycles. The second-order valence-electron chi connectivity index (χ2n) is 6.31. The van der Waals surface area contributed by atoms with Crippen LogP contribution in [0.4, 0.5) is 10.1 Å². The number of hydrogen-bond donors (Lipinski definition) is 2. The lowest BCUT2D eigenvalue weighted by Gasteiger charge is -2.19. The predicted molar refractivity (Wildman–Crippen MR) is 118 cm³/mol. The van der Waals surface area contributed by atoms with Crippen molar-refractivity contribution < 1.29 is 17.6 Å². The van der Waals surface area contributed by atoms with Crippen molar-refractivity contribution in [3.05, 3.63) is 93.8 Å². The Morgan fingerprint density at radius 1 is 0.931 bits per heavy atom. The van der Waals surface area contributed by atoms with Crippen LogP contribution in [0.25, 0.3) is 0 Å². The third kappa shape index (κ3) is 6.09. The molecule has 0 heterocycles. The van der Waals surface area contributed by atoms with Gasteiger partial charge in [0.1, 0.15) is 11.9 Å². The molecular weight excluding hydrogens is 506 g/mol. The van der Waals surface area contributed by atoms with E-state index in [-0.39, 0.29) is 11.3 Å². The van der Waals surface area contributed by atoms with E-state index in [2.05, 4.69) is 32.6 Å². The van der Waals surface area contributed by atoms with Crippen LogP contribution in [-0.4, -0.2) is 20.4 Å². The molecule has 5 nitrogen and oxygen atoms in total. The number of carbonyl (C=O) groups excluding carboxylic acids is 1. The normalized spacial score (nSPS) is 12.3. The molecule has 2 N–H and O–H groups in total. The molecular formula is C21H18FIN2O3S. The summed E-state index contributed by atoms with van der Waals surface area (Å²) in [5.41, 5.74) is 1.18. The quantitative estimate of drug-likeness (QED) is 0.460. The van der Waals surface area contributed by atoms with Gasteiger partial charge in [-0.05, 0) is 83.1 Å². The van der Waals surface area contributed by atoms with E-state index in [0.29, 0.717) is 5.69 Å². The van der Waals surface area contributed by atoms with Gasteiger partial charge in [0.2, 0.25) is 15.9 Å². The first-order valence-corrected chi connectivity index (χ1v) is 11.3. The number of rotatable bonds is 7. The molecule has 0 spiro atoms. The van der Waals surface area contributed by atoms with Crippen molar-refractivity contribution in [1.29, 1.82) is 0 Å². The highest BCUT2D eigenvalue weighted by Gasteiger charge is 2.26. The van der Waals surface area contributed by atoms with Gasteiger partial charge in [0, 0.05) is 9.26 Å². The van der Waals surface area contributed by atoms with E-state index >= 15 is 0 Å². The Balaban J connectivity index is 1.84. The summed E-state index contributed by atoms with van der Waals surface area (Å²) < 4.78 is 42.1. The van der Waals surface area contributed by atoms with Crippen molar-refractivity contribution in [3.63, 3.8) is 0 Å².